The summed E-state index contributed by atoms with van der Waals surface area (Å²) < 4.78 is 6.83. The second kappa shape index (κ2) is 8.04. The number of nitriles is 1. The first-order valence-corrected chi connectivity index (χ1v) is 9.98. The highest BCUT2D eigenvalue weighted by molar-refractivity contribution is 5.81. The van der Waals surface area contributed by atoms with Crippen LogP contribution in [0.5, 0.6) is 0 Å². The molecular formula is C23H26N3O2+. The van der Waals surface area contributed by atoms with Gasteiger partial charge in [0.15, 0.2) is 18.7 Å². The lowest BCUT2D eigenvalue weighted by Crippen LogP contribution is -2.64. The first-order valence-electron chi connectivity index (χ1n) is 9.98. The van der Waals surface area contributed by atoms with Crippen molar-refractivity contribution in [2.75, 3.05) is 31.5 Å². The number of carbonyl (C=O) groups excluding carboxylic acids is 1. The number of hydrogen-bond donors (Lipinski definition) is 1. The number of anilines is 1. The molecule has 2 aromatic carbocycles. The van der Waals surface area contributed by atoms with Crippen molar-refractivity contribution in [2.24, 2.45) is 5.92 Å². The van der Waals surface area contributed by atoms with E-state index in [9.17, 15) is 10.1 Å². The van der Waals surface area contributed by atoms with Crippen molar-refractivity contribution in [3.05, 3.63) is 66.2 Å². The Morgan fingerprint density at radius 2 is 1.75 bits per heavy atom. The number of esters is 1. The summed E-state index contributed by atoms with van der Waals surface area (Å²) >= 11 is 0. The second-order valence-corrected chi connectivity index (χ2v) is 7.95. The third-order valence-electron chi connectivity index (χ3n) is 6.17. The fourth-order valence-corrected chi connectivity index (χ4v) is 4.57. The van der Waals surface area contributed by atoms with E-state index in [0.29, 0.717) is 12.5 Å². The molecule has 3 heterocycles. The smallest absolute Gasteiger partial charge is 0.333 e. The maximum atomic E-state index is 13.2. The number of fused-ring (bicyclic) bond motifs is 3. The number of piperidine rings is 3. The third-order valence-corrected chi connectivity index (χ3v) is 6.17. The van der Waals surface area contributed by atoms with E-state index in [4.69, 9.17) is 4.74 Å². The summed E-state index contributed by atoms with van der Waals surface area (Å²) in [4.78, 5) is 13.2. The first kappa shape index (κ1) is 18.5. The molecule has 0 spiro atoms. The number of quaternary nitrogens is 1. The van der Waals surface area contributed by atoms with E-state index < -0.39 is 6.04 Å². The topological polar surface area (TPSA) is 62.1 Å². The van der Waals surface area contributed by atoms with Gasteiger partial charge >= 0.3 is 5.97 Å². The first-order chi connectivity index (χ1) is 13.7. The highest BCUT2D eigenvalue weighted by Gasteiger charge is 2.48. The SMILES string of the molecule is N#CC[N+]12CCC(CC1)[C@@H](OC(=O)C(Nc1ccccc1)c1ccccc1)C2. The highest BCUT2D eigenvalue weighted by atomic mass is 16.5. The van der Waals surface area contributed by atoms with Crippen LogP contribution in [0.25, 0.3) is 0 Å². The van der Waals surface area contributed by atoms with Crippen molar-refractivity contribution in [1.29, 1.82) is 5.26 Å². The van der Waals surface area contributed by atoms with Gasteiger partial charge in [-0.2, -0.15) is 5.26 Å². The van der Waals surface area contributed by atoms with Crippen LogP contribution in [0.4, 0.5) is 5.69 Å². The lowest BCUT2D eigenvalue weighted by atomic mass is 9.83. The molecule has 0 aromatic heterocycles. The highest BCUT2D eigenvalue weighted by Crippen LogP contribution is 2.36. The fourth-order valence-electron chi connectivity index (χ4n) is 4.57. The quantitative estimate of drug-likeness (QED) is 0.476. The summed E-state index contributed by atoms with van der Waals surface area (Å²) in [6.45, 7) is 3.31. The van der Waals surface area contributed by atoms with Crippen molar-refractivity contribution in [3.63, 3.8) is 0 Å². The molecular weight excluding hydrogens is 350 g/mol. The van der Waals surface area contributed by atoms with Crippen LogP contribution < -0.4 is 5.32 Å². The molecule has 0 radical (unpaired) electrons. The molecule has 5 rings (SSSR count). The Morgan fingerprint density at radius 1 is 1.11 bits per heavy atom. The Balaban J connectivity index is 1.52. The van der Waals surface area contributed by atoms with Gasteiger partial charge in [0.2, 0.25) is 0 Å². The number of ether oxygens (including phenoxy) is 1. The average Bonchev–Trinajstić information content (AvgIpc) is 2.74. The zero-order valence-electron chi connectivity index (χ0n) is 16.0. The van der Waals surface area contributed by atoms with E-state index in [1.807, 2.05) is 60.7 Å². The van der Waals surface area contributed by atoms with Crippen LogP contribution in [0.1, 0.15) is 24.4 Å². The van der Waals surface area contributed by atoms with Crippen molar-refractivity contribution in [3.8, 4) is 6.07 Å². The molecule has 2 bridgehead atoms. The van der Waals surface area contributed by atoms with Gasteiger partial charge in [-0.25, -0.2) is 4.79 Å². The zero-order chi connectivity index (χ0) is 19.4. The Hall–Kier alpha value is -2.84. The van der Waals surface area contributed by atoms with Crippen molar-refractivity contribution in [1.82, 2.24) is 0 Å². The van der Waals surface area contributed by atoms with Crippen LogP contribution in [0.2, 0.25) is 0 Å². The average molecular weight is 376 g/mol. The predicted molar refractivity (Wildman–Crippen MR) is 107 cm³/mol. The molecule has 2 atom stereocenters. The minimum absolute atomic E-state index is 0.105. The van der Waals surface area contributed by atoms with Gasteiger partial charge in [0.25, 0.3) is 0 Å². The van der Waals surface area contributed by atoms with Crippen molar-refractivity contribution in [2.45, 2.75) is 25.0 Å². The molecule has 5 nitrogen and oxygen atoms in total. The maximum Gasteiger partial charge on any atom is 0.333 e. The maximum absolute atomic E-state index is 13.2. The van der Waals surface area contributed by atoms with Gasteiger partial charge in [-0.05, 0) is 17.7 Å². The van der Waals surface area contributed by atoms with Gasteiger partial charge in [-0.15, -0.1) is 0 Å². The van der Waals surface area contributed by atoms with Gasteiger partial charge in [-0.1, -0.05) is 48.5 Å². The molecule has 28 heavy (non-hydrogen) atoms. The largest absolute Gasteiger partial charge is 0.454 e. The van der Waals surface area contributed by atoms with Crippen LogP contribution in [0.15, 0.2) is 60.7 Å². The molecule has 5 heteroatoms. The number of carbonyl (C=O) groups is 1. The molecule has 2 aromatic rings. The van der Waals surface area contributed by atoms with Crippen LogP contribution in [0, 0.1) is 17.2 Å². The second-order valence-electron chi connectivity index (χ2n) is 7.95. The molecule has 1 N–H and O–H groups in total. The molecule has 1 unspecified atom stereocenters. The van der Waals surface area contributed by atoms with Gasteiger partial charge < -0.3 is 14.5 Å². The zero-order valence-corrected chi connectivity index (χ0v) is 16.0. The summed E-state index contributed by atoms with van der Waals surface area (Å²) in [5, 5.41) is 12.5. The fraction of sp³-hybridized carbons (Fsp3) is 0.391. The molecule has 3 fully saturated rings. The van der Waals surface area contributed by atoms with Gasteiger partial charge in [0.1, 0.15) is 12.6 Å². The predicted octanol–water partition coefficient (Wildman–Crippen LogP) is 3.52. The van der Waals surface area contributed by atoms with E-state index in [-0.39, 0.29) is 12.1 Å². The van der Waals surface area contributed by atoms with E-state index in [1.165, 1.54) is 0 Å². The van der Waals surface area contributed by atoms with E-state index in [1.54, 1.807) is 0 Å². The summed E-state index contributed by atoms with van der Waals surface area (Å²) in [5.41, 5.74) is 1.77. The number of para-hydroxylation sites is 1. The van der Waals surface area contributed by atoms with E-state index in [0.717, 1.165) is 48.2 Å². The van der Waals surface area contributed by atoms with Crippen molar-refractivity contribution < 1.29 is 14.0 Å². The Kier molecular flexibility index (Phi) is 5.31. The van der Waals surface area contributed by atoms with Crippen LogP contribution in [-0.2, 0) is 9.53 Å². The summed E-state index contributed by atoms with van der Waals surface area (Å²) in [6, 6.07) is 21.2. The number of rotatable bonds is 6. The minimum Gasteiger partial charge on any atom is -0.454 e. The molecule has 0 amide bonds. The molecule has 0 aliphatic carbocycles. The molecule has 3 aliphatic heterocycles. The number of nitrogens with one attached hydrogen (secondary N) is 1. The number of nitrogens with zero attached hydrogens (tertiary/aromatic N) is 2. The molecule has 144 valence electrons. The lowest BCUT2D eigenvalue weighted by molar-refractivity contribution is -0.940. The van der Waals surface area contributed by atoms with E-state index in [2.05, 4.69) is 11.4 Å². The number of hydrogen-bond acceptors (Lipinski definition) is 4. The molecule has 0 saturated carbocycles. The summed E-state index contributed by atoms with van der Waals surface area (Å²) in [5.74, 6) is 0.166. The minimum atomic E-state index is -0.552. The third kappa shape index (κ3) is 3.88. The Labute approximate surface area is 166 Å². The van der Waals surface area contributed by atoms with Crippen LogP contribution in [-0.4, -0.2) is 42.7 Å². The normalized spacial score (nSPS) is 26.8. The molecule has 3 saturated heterocycles. The number of benzene rings is 2. The van der Waals surface area contributed by atoms with Crippen LogP contribution in [0.3, 0.4) is 0 Å². The van der Waals surface area contributed by atoms with E-state index >= 15 is 0 Å². The van der Waals surface area contributed by atoms with Crippen LogP contribution >= 0.6 is 0 Å². The molecule has 3 aliphatic rings. The van der Waals surface area contributed by atoms with Gasteiger partial charge in [0.05, 0.1) is 13.1 Å². The lowest BCUT2D eigenvalue weighted by Gasteiger charge is -2.50. The van der Waals surface area contributed by atoms with Gasteiger partial charge in [-0.3, -0.25) is 0 Å². The summed E-state index contributed by atoms with van der Waals surface area (Å²) in [6.07, 6.45) is 1.95. The van der Waals surface area contributed by atoms with Crippen molar-refractivity contribution >= 4 is 11.7 Å². The Bertz CT molecular complexity index is 839. The monoisotopic (exact) mass is 376 g/mol. The Morgan fingerprint density at radius 3 is 2.39 bits per heavy atom. The standard InChI is InChI=1S/C23H26N3O2/c24-13-16-26-14-11-18(12-15-26)21(17-26)28-23(27)22(19-7-3-1-4-8-19)25-20-9-5-2-6-10-20/h1-10,18,21-22,25H,11-12,14-17H2/q+1/t18?,21-,22?,26?/m0/s1. The van der Waals surface area contributed by atoms with Gasteiger partial charge in [0, 0.05) is 24.4 Å². The summed E-state index contributed by atoms with van der Waals surface area (Å²) in [7, 11) is 0.